The van der Waals surface area contributed by atoms with E-state index in [1.807, 2.05) is 6.07 Å². The van der Waals surface area contributed by atoms with Gasteiger partial charge in [-0.2, -0.15) is 5.26 Å². The van der Waals surface area contributed by atoms with E-state index in [4.69, 9.17) is 14.7 Å². The van der Waals surface area contributed by atoms with Crippen molar-refractivity contribution in [3.8, 4) is 17.6 Å². The number of rotatable bonds is 7. The van der Waals surface area contributed by atoms with Crippen LogP contribution >= 0.6 is 0 Å². The first-order valence-electron chi connectivity index (χ1n) is 9.37. The zero-order chi connectivity index (χ0) is 22.2. The lowest BCUT2D eigenvalue weighted by Gasteiger charge is -2.16. The molecule has 0 bridgehead atoms. The van der Waals surface area contributed by atoms with Crippen LogP contribution in [-0.4, -0.2) is 30.0 Å². The number of carbonyl (C=O) groups excluding carboxylic acids is 2. The molecule has 0 radical (unpaired) electrons. The molecular formula is C23H20N4O4. The Morgan fingerprint density at radius 2 is 1.94 bits per heavy atom. The van der Waals surface area contributed by atoms with Gasteiger partial charge < -0.3 is 20.1 Å². The molecule has 0 fully saturated rings. The van der Waals surface area contributed by atoms with Crippen LogP contribution in [0, 0.1) is 11.3 Å². The molecule has 0 saturated carbocycles. The van der Waals surface area contributed by atoms with Gasteiger partial charge in [-0.15, -0.1) is 0 Å². The summed E-state index contributed by atoms with van der Waals surface area (Å²) in [6.07, 6.45) is 2.24. The van der Waals surface area contributed by atoms with Gasteiger partial charge in [-0.25, -0.2) is 0 Å². The molecule has 3 aromatic rings. The van der Waals surface area contributed by atoms with Crippen LogP contribution in [-0.2, 0) is 4.79 Å². The van der Waals surface area contributed by atoms with Gasteiger partial charge in [-0.1, -0.05) is 6.07 Å². The largest absolute Gasteiger partial charge is 0.494 e. The molecule has 2 aromatic carbocycles. The first-order valence-corrected chi connectivity index (χ1v) is 9.37. The van der Waals surface area contributed by atoms with Gasteiger partial charge in [0.2, 0.25) is 0 Å². The molecular weight excluding hydrogens is 396 g/mol. The lowest BCUT2D eigenvalue weighted by atomic mass is 10.2. The molecule has 1 heterocycles. The summed E-state index contributed by atoms with van der Waals surface area (Å²) in [7, 11) is 1.47. The number of ether oxygens (including phenoxy) is 2. The summed E-state index contributed by atoms with van der Waals surface area (Å²) in [5, 5.41) is 14.5. The maximum absolute atomic E-state index is 12.5. The van der Waals surface area contributed by atoms with Gasteiger partial charge in [0, 0.05) is 24.1 Å². The SMILES string of the molecule is COc1cc(NC(=O)C(C)Oc2cccc(C#N)c2)ccc1NC(=O)c1cccnc1. The molecule has 1 unspecified atom stereocenters. The smallest absolute Gasteiger partial charge is 0.265 e. The van der Waals surface area contributed by atoms with Crippen LogP contribution in [0.5, 0.6) is 11.5 Å². The zero-order valence-electron chi connectivity index (χ0n) is 17.0. The van der Waals surface area contributed by atoms with E-state index in [2.05, 4.69) is 15.6 Å². The molecule has 1 atom stereocenters. The monoisotopic (exact) mass is 416 g/mol. The average molecular weight is 416 g/mol. The van der Waals surface area contributed by atoms with Crippen molar-refractivity contribution in [3.63, 3.8) is 0 Å². The molecule has 8 nitrogen and oxygen atoms in total. The number of nitriles is 1. The minimum atomic E-state index is -0.801. The third kappa shape index (κ3) is 5.58. The highest BCUT2D eigenvalue weighted by molar-refractivity contribution is 6.05. The van der Waals surface area contributed by atoms with Crippen LogP contribution in [0.3, 0.4) is 0 Å². The van der Waals surface area contributed by atoms with Crippen molar-refractivity contribution in [3.05, 3.63) is 78.1 Å². The molecule has 0 spiro atoms. The molecule has 0 aliphatic heterocycles. The van der Waals surface area contributed by atoms with Crippen molar-refractivity contribution in [2.45, 2.75) is 13.0 Å². The van der Waals surface area contributed by atoms with Gasteiger partial charge in [-0.05, 0) is 49.4 Å². The molecule has 0 aliphatic rings. The Balaban J connectivity index is 1.66. The molecule has 0 aliphatic carbocycles. The van der Waals surface area contributed by atoms with Crippen LogP contribution < -0.4 is 20.1 Å². The highest BCUT2D eigenvalue weighted by Crippen LogP contribution is 2.28. The van der Waals surface area contributed by atoms with Crippen LogP contribution in [0.15, 0.2) is 67.0 Å². The number of benzene rings is 2. The molecule has 156 valence electrons. The quantitative estimate of drug-likeness (QED) is 0.608. The van der Waals surface area contributed by atoms with E-state index in [0.29, 0.717) is 34.0 Å². The molecule has 3 rings (SSSR count). The summed E-state index contributed by atoms with van der Waals surface area (Å²) in [6.45, 7) is 1.61. The number of aromatic nitrogens is 1. The van der Waals surface area contributed by atoms with Crippen LogP contribution in [0.4, 0.5) is 11.4 Å². The molecule has 2 N–H and O–H groups in total. The van der Waals surface area contributed by atoms with E-state index in [9.17, 15) is 9.59 Å². The third-order valence-corrected chi connectivity index (χ3v) is 4.29. The summed E-state index contributed by atoms with van der Waals surface area (Å²) in [4.78, 5) is 28.8. The molecule has 31 heavy (non-hydrogen) atoms. The molecule has 2 amide bonds. The van der Waals surface area contributed by atoms with Gasteiger partial charge in [0.25, 0.3) is 11.8 Å². The highest BCUT2D eigenvalue weighted by atomic mass is 16.5. The lowest BCUT2D eigenvalue weighted by Crippen LogP contribution is -2.30. The van der Waals surface area contributed by atoms with Gasteiger partial charge in [-0.3, -0.25) is 14.6 Å². The van der Waals surface area contributed by atoms with Crippen molar-refractivity contribution in [2.24, 2.45) is 0 Å². The topological polar surface area (TPSA) is 113 Å². The average Bonchev–Trinajstić information content (AvgIpc) is 2.80. The number of amides is 2. The summed E-state index contributed by atoms with van der Waals surface area (Å²) >= 11 is 0. The van der Waals surface area contributed by atoms with Crippen LogP contribution in [0.1, 0.15) is 22.8 Å². The second-order valence-electron chi connectivity index (χ2n) is 6.50. The first kappa shape index (κ1) is 21.3. The number of nitrogens with one attached hydrogen (secondary N) is 2. The second-order valence-corrected chi connectivity index (χ2v) is 6.50. The van der Waals surface area contributed by atoms with Crippen molar-refractivity contribution in [1.82, 2.24) is 4.98 Å². The Morgan fingerprint density at radius 3 is 2.65 bits per heavy atom. The number of methoxy groups -OCH3 is 1. The van der Waals surface area contributed by atoms with E-state index in [1.54, 1.807) is 67.7 Å². The Bertz CT molecular complexity index is 1130. The molecule has 8 heteroatoms. The van der Waals surface area contributed by atoms with Crippen molar-refractivity contribution >= 4 is 23.2 Å². The van der Waals surface area contributed by atoms with Gasteiger partial charge in [0.05, 0.1) is 30.0 Å². The van der Waals surface area contributed by atoms with E-state index in [-0.39, 0.29) is 11.8 Å². The van der Waals surface area contributed by atoms with Gasteiger partial charge >= 0.3 is 0 Å². The standard InChI is InChI=1S/C23H20N4O4/c1-15(31-19-7-3-5-16(11-19)13-24)22(28)26-18-8-9-20(21(12-18)30-2)27-23(29)17-6-4-10-25-14-17/h3-12,14-15H,1-2H3,(H,26,28)(H,27,29). The number of carbonyl (C=O) groups is 2. The van der Waals surface area contributed by atoms with E-state index in [0.717, 1.165) is 0 Å². The fourth-order valence-corrected chi connectivity index (χ4v) is 2.70. The fourth-order valence-electron chi connectivity index (χ4n) is 2.70. The Labute approximate surface area is 179 Å². The normalized spacial score (nSPS) is 11.0. The van der Waals surface area contributed by atoms with E-state index < -0.39 is 6.10 Å². The van der Waals surface area contributed by atoms with Gasteiger partial charge in [0.1, 0.15) is 11.5 Å². The van der Waals surface area contributed by atoms with Crippen LogP contribution in [0.2, 0.25) is 0 Å². The first-order chi connectivity index (χ1) is 15.0. The summed E-state index contributed by atoms with van der Waals surface area (Å²) in [5.41, 5.74) is 1.78. The number of hydrogen-bond acceptors (Lipinski definition) is 6. The summed E-state index contributed by atoms with van der Waals surface area (Å²) in [5.74, 6) is 0.0967. The maximum Gasteiger partial charge on any atom is 0.265 e. The predicted molar refractivity (Wildman–Crippen MR) is 115 cm³/mol. The third-order valence-electron chi connectivity index (χ3n) is 4.29. The molecule has 0 saturated heterocycles. The number of pyridine rings is 1. The van der Waals surface area contributed by atoms with Crippen molar-refractivity contribution < 1.29 is 19.1 Å². The Hall–Kier alpha value is -4.38. The van der Waals surface area contributed by atoms with Gasteiger partial charge in [0.15, 0.2) is 6.10 Å². The summed E-state index contributed by atoms with van der Waals surface area (Å²) < 4.78 is 11.0. The van der Waals surface area contributed by atoms with Crippen molar-refractivity contribution in [1.29, 1.82) is 5.26 Å². The zero-order valence-corrected chi connectivity index (χ0v) is 17.0. The highest BCUT2D eigenvalue weighted by Gasteiger charge is 2.17. The molecule has 1 aromatic heterocycles. The summed E-state index contributed by atoms with van der Waals surface area (Å²) in [6, 6.07) is 16.8. The number of hydrogen-bond donors (Lipinski definition) is 2. The maximum atomic E-state index is 12.5. The van der Waals surface area contributed by atoms with Crippen molar-refractivity contribution in [2.75, 3.05) is 17.7 Å². The lowest BCUT2D eigenvalue weighted by molar-refractivity contribution is -0.122. The van der Waals surface area contributed by atoms with E-state index >= 15 is 0 Å². The number of nitrogens with zero attached hydrogens (tertiary/aromatic N) is 2. The Kier molecular flexibility index (Phi) is 6.81. The number of anilines is 2. The van der Waals surface area contributed by atoms with E-state index in [1.165, 1.54) is 13.3 Å². The fraction of sp³-hybridized carbons (Fsp3) is 0.130. The Morgan fingerprint density at radius 1 is 1.10 bits per heavy atom. The minimum absolute atomic E-state index is 0.329. The minimum Gasteiger partial charge on any atom is -0.494 e. The predicted octanol–water partition coefficient (Wildman–Crippen LogP) is 3.62. The second kappa shape index (κ2) is 9.89. The van der Waals surface area contributed by atoms with Crippen LogP contribution in [0.25, 0.3) is 0 Å².